The van der Waals surface area contributed by atoms with Crippen LogP contribution >= 0.6 is 0 Å². The van der Waals surface area contributed by atoms with Gasteiger partial charge in [0.1, 0.15) is 0 Å². The fourth-order valence-corrected chi connectivity index (χ4v) is 19.3. The van der Waals surface area contributed by atoms with Crippen LogP contribution in [0.3, 0.4) is 0 Å². The van der Waals surface area contributed by atoms with Crippen LogP contribution in [0.5, 0.6) is 0 Å². The van der Waals surface area contributed by atoms with Crippen LogP contribution < -0.4 is 3.71 Å². The second-order valence-corrected chi connectivity index (χ2v) is 20.6. The third kappa shape index (κ3) is 4.55. The molecule has 1 amide bonds. The van der Waals surface area contributed by atoms with Crippen LogP contribution in [0.25, 0.3) is 0 Å². The number of fused-ring (bicyclic) bond motifs is 1. The number of carbonyl (C=O) groups excluding carboxylic acids is 1. The molecule has 0 radical (unpaired) electrons. The second kappa shape index (κ2) is 9.25. The summed E-state index contributed by atoms with van der Waals surface area (Å²) in [4.78, 5) is 13.8. The minimum atomic E-state index is -2.46. The summed E-state index contributed by atoms with van der Waals surface area (Å²) in [5, 5.41) is 5.03. The molecule has 0 saturated heterocycles. The van der Waals surface area contributed by atoms with Gasteiger partial charge in [0.25, 0.3) is 0 Å². The van der Waals surface area contributed by atoms with Crippen LogP contribution in [0.4, 0.5) is 0 Å². The van der Waals surface area contributed by atoms with Crippen molar-refractivity contribution in [2.75, 3.05) is 7.05 Å². The molecular weight excluding hydrogens is 405 g/mol. The fourth-order valence-electron chi connectivity index (χ4n) is 3.86. The fraction of sp³-hybridized carbons (Fsp3) is 0.789. The molecule has 2 rings (SSSR count). The van der Waals surface area contributed by atoms with E-state index in [1.807, 2.05) is 16.6 Å². The Morgan fingerprint density at radius 1 is 1.00 bits per heavy atom. The molecule has 24 heavy (non-hydrogen) atoms. The van der Waals surface area contributed by atoms with Crippen molar-refractivity contribution in [2.45, 2.75) is 85.7 Å². The van der Waals surface area contributed by atoms with Crippen molar-refractivity contribution in [1.29, 1.82) is 0 Å². The van der Waals surface area contributed by atoms with E-state index in [2.05, 4.69) is 26.8 Å². The second-order valence-electron chi connectivity index (χ2n) is 7.52. The van der Waals surface area contributed by atoms with Crippen LogP contribution in [-0.2, 0) is 17.9 Å². The third-order valence-electron chi connectivity index (χ3n) is 5.54. The predicted octanol–water partition coefficient (Wildman–Crippen LogP) is 3.91. The van der Waals surface area contributed by atoms with Gasteiger partial charge in [-0.25, -0.2) is 0 Å². The average Bonchev–Trinajstić information content (AvgIpc) is 2.98. The third-order valence-corrected chi connectivity index (χ3v) is 20.6. The zero-order valence-electron chi connectivity index (χ0n) is 16.1. The minimum absolute atomic E-state index is 0.189. The molecular formula is C19H35N3OSn. The van der Waals surface area contributed by atoms with Gasteiger partial charge in [0.15, 0.2) is 0 Å². The standard InChI is InChI=1S/C7H8N3O.3C4H9.Sn/c1-9-4-6-2-3-8-10(6)5-7(9)11;3*1-3-4-2;/h2H,4-5H2,1H3;3*1,3-4H2,2H3;. The van der Waals surface area contributed by atoms with Crippen LogP contribution in [0.15, 0.2) is 6.07 Å². The molecule has 1 aromatic rings. The molecule has 1 aliphatic heterocycles. The van der Waals surface area contributed by atoms with Gasteiger partial charge >= 0.3 is 152 Å². The van der Waals surface area contributed by atoms with Gasteiger partial charge in [-0.3, -0.25) is 0 Å². The van der Waals surface area contributed by atoms with E-state index in [1.165, 1.54) is 61.2 Å². The molecule has 0 N–H and O–H groups in total. The van der Waals surface area contributed by atoms with Crippen molar-refractivity contribution in [3.8, 4) is 0 Å². The number of carbonyl (C=O) groups is 1. The monoisotopic (exact) mass is 441 g/mol. The van der Waals surface area contributed by atoms with Crippen molar-refractivity contribution in [2.24, 2.45) is 0 Å². The molecule has 5 heteroatoms. The Labute approximate surface area is 151 Å². The molecule has 0 spiro atoms. The number of unbranched alkanes of at least 4 members (excludes halogenated alkanes) is 3. The molecule has 2 heterocycles. The Morgan fingerprint density at radius 3 is 2.04 bits per heavy atom. The number of nitrogens with zero attached hydrogens (tertiary/aromatic N) is 3. The number of amides is 1. The zero-order chi connectivity index (χ0) is 17.6. The molecule has 136 valence electrons. The van der Waals surface area contributed by atoms with Gasteiger partial charge in [0.2, 0.25) is 0 Å². The van der Waals surface area contributed by atoms with E-state index in [9.17, 15) is 4.79 Å². The topological polar surface area (TPSA) is 38.1 Å². The summed E-state index contributed by atoms with van der Waals surface area (Å²) < 4.78 is 7.77. The van der Waals surface area contributed by atoms with Crippen molar-refractivity contribution in [1.82, 2.24) is 14.7 Å². The zero-order valence-corrected chi connectivity index (χ0v) is 19.0. The van der Waals surface area contributed by atoms with Crippen LogP contribution in [0, 0.1) is 0 Å². The van der Waals surface area contributed by atoms with E-state index >= 15 is 0 Å². The van der Waals surface area contributed by atoms with Gasteiger partial charge in [-0.05, 0) is 0 Å². The van der Waals surface area contributed by atoms with Crippen LogP contribution in [-0.4, -0.2) is 46.0 Å². The Balaban J connectivity index is 2.33. The molecule has 0 bridgehead atoms. The van der Waals surface area contributed by atoms with E-state index in [0.29, 0.717) is 6.54 Å². The van der Waals surface area contributed by atoms with Crippen LogP contribution in [0.2, 0.25) is 13.3 Å². The number of hydrogen-bond acceptors (Lipinski definition) is 2. The van der Waals surface area contributed by atoms with Gasteiger partial charge in [0.05, 0.1) is 0 Å². The van der Waals surface area contributed by atoms with Gasteiger partial charge in [0, 0.05) is 0 Å². The molecule has 4 nitrogen and oxygen atoms in total. The summed E-state index contributed by atoms with van der Waals surface area (Å²) in [6.45, 7) is 8.08. The van der Waals surface area contributed by atoms with E-state index in [4.69, 9.17) is 5.10 Å². The van der Waals surface area contributed by atoms with Crippen molar-refractivity contribution >= 4 is 28.0 Å². The molecule has 0 atom stereocenters. The summed E-state index contributed by atoms with van der Waals surface area (Å²) in [5.41, 5.74) is 1.25. The quantitative estimate of drug-likeness (QED) is 0.518. The van der Waals surface area contributed by atoms with E-state index in [-0.39, 0.29) is 5.91 Å². The first-order valence-corrected chi connectivity index (χ1v) is 17.4. The van der Waals surface area contributed by atoms with E-state index < -0.39 is 18.4 Å². The summed E-state index contributed by atoms with van der Waals surface area (Å²) in [7, 11) is 1.90. The maximum absolute atomic E-state index is 12.0. The molecule has 0 unspecified atom stereocenters. The van der Waals surface area contributed by atoms with Crippen molar-refractivity contribution < 1.29 is 4.79 Å². The first kappa shape index (κ1) is 19.8. The Hall–Kier alpha value is -0.521. The average molecular weight is 440 g/mol. The summed E-state index contributed by atoms with van der Waals surface area (Å²) in [6.07, 6.45) is 7.91. The number of likely N-dealkylation sites (N-methyl/N-ethyl adjacent to an activating group) is 1. The number of aromatic nitrogens is 2. The van der Waals surface area contributed by atoms with Gasteiger partial charge in [-0.1, -0.05) is 0 Å². The van der Waals surface area contributed by atoms with Gasteiger partial charge in [-0.2, -0.15) is 0 Å². The van der Waals surface area contributed by atoms with E-state index in [1.54, 1.807) is 0 Å². The molecule has 0 aromatic carbocycles. The van der Waals surface area contributed by atoms with Gasteiger partial charge in [-0.15, -0.1) is 0 Å². The predicted molar refractivity (Wildman–Crippen MR) is 103 cm³/mol. The molecule has 0 fully saturated rings. The van der Waals surface area contributed by atoms with E-state index in [0.717, 1.165) is 6.54 Å². The summed E-state index contributed by atoms with van der Waals surface area (Å²) >= 11 is -2.46. The SMILES string of the molecule is CCC[CH2][Sn]([CH2]CCC)([CH2]CCC)[c]1cc2n(n1)CC(=O)N(C)C2. The molecule has 1 aliphatic rings. The first-order chi connectivity index (χ1) is 11.6. The van der Waals surface area contributed by atoms with Crippen molar-refractivity contribution in [3.63, 3.8) is 0 Å². The Kier molecular flexibility index (Phi) is 7.63. The molecule has 1 aromatic heterocycles. The number of rotatable bonds is 10. The molecule has 0 saturated carbocycles. The summed E-state index contributed by atoms with van der Waals surface area (Å²) in [5.74, 6) is 0.189. The van der Waals surface area contributed by atoms with Crippen molar-refractivity contribution in [3.05, 3.63) is 11.8 Å². The normalized spacial score (nSPS) is 15.0. The van der Waals surface area contributed by atoms with Crippen LogP contribution in [0.1, 0.15) is 65.0 Å². The number of hydrogen-bond donors (Lipinski definition) is 0. The molecule has 0 aliphatic carbocycles. The first-order valence-electron chi connectivity index (χ1n) is 9.87. The van der Waals surface area contributed by atoms with Gasteiger partial charge < -0.3 is 0 Å². The Morgan fingerprint density at radius 2 is 1.54 bits per heavy atom. The summed E-state index contributed by atoms with van der Waals surface area (Å²) in [6, 6.07) is 2.39. The Bertz CT molecular complexity index is 519. The maximum atomic E-state index is 12.0.